The molecule has 1 heterocycles. The Bertz CT molecular complexity index is 857. The molecule has 0 aromatic heterocycles. The van der Waals surface area contributed by atoms with Crippen LogP contribution in [0.1, 0.15) is 56.7 Å². The molecule has 0 saturated heterocycles. The molecule has 1 unspecified atom stereocenters. The minimum Gasteiger partial charge on any atom is -0.366 e. The Morgan fingerprint density at radius 1 is 1.31 bits per heavy atom. The third-order valence-electron chi connectivity index (χ3n) is 5.31. The predicted molar refractivity (Wildman–Crippen MR) is 110 cm³/mol. The second kappa shape index (κ2) is 7.03. The highest BCUT2D eigenvalue weighted by atomic mass is 35.5. The van der Waals surface area contributed by atoms with Gasteiger partial charge in [0.15, 0.2) is 0 Å². The maximum absolute atomic E-state index is 13.4. The third kappa shape index (κ3) is 3.50. The highest BCUT2D eigenvalue weighted by molar-refractivity contribution is 6.33. The molecule has 2 aromatic rings. The number of nitrogens with zero attached hydrogens (tertiary/aromatic N) is 2. The van der Waals surface area contributed by atoms with E-state index in [1.54, 1.807) is 25.3 Å². The van der Waals surface area contributed by atoms with Gasteiger partial charge in [-0.2, -0.15) is 0 Å². The molecule has 0 fully saturated rings. The van der Waals surface area contributed by atoms with Crippen LogP contribution in [-0.2, 0) is 0 Å². The van der Waals surface area contributed by atoms with Crippen LogP contribution in [-0.4, -0.2) is 18.3 Å². The first-order chi connectivity index (χ1) is 12.2. The van der Waals surface area contributed by atoms with Crippen molar-refractivity contribution in [3.8, 4) is 0 Å². The predicted octanol–water partition coefficient (Wildman–Crippen LogP) is 6.65. The van der Waals surface area contributed by atoms with Crippen molar-refractivity contribution in [1.29, 1.82) is 0 Å². The first kappa shape index (κ1) is 18.9. The van der Waals surface area contributed by atoms with Crippen LogP contribution < -0.4 is 4.90 Å². The summed E-state index contributed by atoms with van der Waals surface area (Å²) in [7, 11) is 0. The SMILES string of the molecule is CCN1c2cc(Cl)c(C=Nc3ccc(F)c(C)c3)cc2C(C)CC1(C)C. The van der Waals surface area contributed by atoms with Gasteiger partial charge in [-0.3, -0.25) is 4.99 Å². The van der Waals surface area contributed by atoms with Crippen molar-refractivity contribution in [2.45, 2.75) is 52.5 Å². The summed E-state index contributed by atoms with van der Waals surface area (Å²) < 4.78 is 13.4. The van der Waals surface area contributed by atoms with Gasteiger partial charge in [0, 0.05) is 29.5 Å². The Hall–Kier alpha value is -1.87. The van der Waals surface area contributed by atoms with E-state index in [-0.39, 0.29) is 11.4 Å². The number of anilines is 1. The zero-order valence-electron chi connectivity index (χ0n) is 16.1. The molecule has 2 nitrogen and oxygen atoms in total. The summed E-state index contributed by atoms with van der Waals surface area (Å²) in [6.45, 7) is 11.7. The lowest BCUT2D eigenvalue weighted by atomic mass is 9.79. The van der Waals surface area contributed by atoms with Gasteiger partial charge in [-0.15, -0.1) is 0 Å². The Morgan fingerprint density at radius 2 is 2.04 bits per heavy atom. The van der Waals surface area contributed by atoms with E-state index in [1.165, 1.54) is 17.3 Å². The lowest BCUT2D eigenvalue weighted by Crippen LogP contribution is -2.48. The average molecular weight is 373 g/mol. The Labute approximate surface area is 160 Å². The van der Waals surface area contributed by atoms with Crippen molar-refractivity contribution in [2.75, 3.05) is 11.4 Å². The van der Waals surface area contributed by atoms with Crippen LogP contribution in [0, 0.1) is 12.7 Å². The molecule has 0 aliphatic carbocycles. The maximum Gasteiger partial charge on any atom is 0.126 e. The summed E-state index contributed by atoms with van der Waals surface area (Å²) in [6.07, 6.45) is 2.88. The van der Waals surface area contributed by atoms with Crippen LogP contribution in [0.5, 0.6) is 0 Å². The van der Waals surface area contributed by atoms with Gasteiger partial charge in [0.2, 0.25) is 0 Å². The van der Waals surface area contributed by atoms with Crippen LogP contribution >= 0.6 is 11.6 Å². The molecule has 138 valence electrons. The van der Waals surface area contributed by atoms with E-state index in [0.29, 0.717) is 16.5 Å². The fraction of sp³-hybridized carbons (Fsp3) is 0.409. The zero-order chi connectivity index (χ0) is 19.1. The molecule has 4 heteroatoms. The van der Waals surface area contributed by atoms with Crippen LogP contribution in [0.2, 0.25) is 5.02 Å². The first-order valence-corrected chi connectivity index (χ1v) is 9.52. The Balaban J connectivity index is 1.99. The summed E-state index contributed by atoms with van der Waals surface area (Å²) in [6, 6.07) is 9.08. The average Bonchev–Trinajstić information content (AvgIpc) is 2.56. The van der Waals surface area contributed by atoms with Gasteiger partial charge in [-0.1, -0.05) is 18.5 Å². The van der Waals surface area contributed by atoms with E-state index >= 15 is 0 Å². The van der Waals surface area contributed by atoms with Crippen LogP contribution in [0.15, 0.2) is 35.3 Å². The largest absolute Gasteiger partial charge is 0.366 e. The lowest BCUT2D eigenvalue weighted by molar-refractivity contribution is 0.381. The van der Waals surface area contributed by atoms with Crippen LogP contribution in [0.25, 0.3) is 0 Å². The van der Waals surface area contributed by atoms with E-state index < -0.39 is 0 Å². The summed E-state index contributed by atoms with van der Waals surface area (Å²) in [5.74, 6) is 0.243. The molecule has 26 heavy (non-hydrogen) atoms. The quantitative estimate of drug-likeness (QED) is 0.550. The van der Waals surface area contributed by atoms with E-state index in [4.69, 9.17) is 11.6 Å². The molecule has 0 N–H and O–H groups in total. The Morgan fingerprint density at radius 3 is 2.69 bits per heavy atom. The second-order valence-corrected chi connectivity index (χ2v) is 8.19. The fourth-order valence-electron chi connectivity index (χ4n) is 4.07. The highest BCUT2D eigenvalue weighted by Gasteiger charge is 2.35. The molecule has 3 rings (SSSR count). The monoisotopic (exact) mass is 372 g/mol. The molecule has 0 spiro atoms. The van der Waals surface area contributed by atoms with Crippen molar-refractivity contribution in [1.82, 2.24) is 0 Å². The number of hydrogen-bond acceptors (Lipinski definition) is 2. The molecule has 0 saturated carbocycles. The van der Waals surface area contributed by atoms with Gasteiger partial charge in [-0.05, 0) is 81.5 Å². The smallest absolute Gasteiger partial charge is 0.126 e. The molecule has 2 aromatic carbocycles. The van der Waals surface area contributed by atoms with E-state index in [9.17, 15) is 4.39 Å². The highest BCUT2D eigenvalue weighted by Crippen LogP contribution is 2.44. The van der Waals surface area contributed by atoms with Crippen molar-refractivity contribution >= 4 is 29.2 Å². The van der Waals surface area contributed by atoms with Gasteiger partial charge in [0.25, 0.3) is 0 Å². The summed E-state index contributed by atoms with van der Waals surface area (Å²) >= 11 is 6.57. The van der Waals surface area contributed by atoms with Crippen molar-refractivity contribution in [2.24, 2.45) is 4.99 Å². The number of fused-ring (bicyclic) bond motifs is 1. The van der Waals surface area contributed by atoms with E-state index in [1.807, 2.05) is 0 Å². The topological polar surface area (TPSA) is 15.6 Å². The number of aliphatic imine (C=N–C) groups is 1. The zero-order valence-corrected chi connectivity index (χ0v) is 16.9. The van der Waals surface area contributed by atoms with Gasteiger partial charge < -0.3 is 4.90 Å². The number of rotatable bonds is 3. The lowest BCUT2D eigenvalue weighted by Gasteiger charge is -2.47. The molecular weight excluding hydrogens is 347 g/mol. The molecule has 0 amide bonds. The normalized spacial score (nSPS) is 19.0. The van der Waals surface area contributed by atoms with Crippen LogP contribution in [0.3, 0.4) is 0 Å². The van der Waals surface area contributed by atoms with Crippen molar-refractivity contribution < 1.29 is 4.39 Å². The van der Waals surface area contributed by atoms with Gasteiger partial charge in [0.1, 0.15) is 5.82 Å². The number of aryl methyl sites for hydroxylation is 1. The summed E-state index contributed by atoms with van der Waals surface area (Å²) in [5, 5.41) is 0.690. The summed E-state index contributed by atoms with van der Waals surface area (Å²) in [5.41, 5.74) is 4.86. The molecule has 1 aliphatic rings. The molecule has 1 atom stereocenters. The molecular formula is C22H26ClFN2. The van der Waals surface area contributed by atoms with Gasteiger partial charge in [-0.25, -0.2) is 4.39 Å². The number of halogens is 2. The second-order valence-electron chi connectivity index (χ2n) is 7.79. The van der Waals surface area contributed by atoms with Crippen LogP contribution in [0.4, 0.5) is 15.8 Å². The van der Waals surface area contributed by atoms with Crippen molar-refractivity contribution in [3.63, 3.8) is 0 Å². The van der Waals surface area contributed by atoms with Gasteiger partial charge in [0.05, 0.1) is 10.7 Å². The molecule has 1 aliphatic heterocycles. The van der Waals surface area contributed by atoms with E-state index in [0.717, 1.165) is 24.2 Å². The molecule has 0 bridgehead atoms. The third-order valence-corrected chi connectivity index (χ3v) is 5.64. The minimum absolute atomic E-state index is 0.117. The fourth-order valence-corrected chi connectivity index (χ4v) is 4.28. The van der Waals surface area contributed by atoms with Crippen molar-refractivity contribution in [3.05, 3.63) is 57.9 Å². The number of benzene rings is 2. The molecule has 0 radical (unpaired) electrons. The Kier molecular flexibility index (Phi) is 5.12. The number of hydrogen-bond donors (Lipinski definition) is 0. The first-order valence-electron chi connectivity index (χ1n) is 9.14. The summed E-state index contributed by atoms with van der Waals surface area (Å²) in [4.78, 5) is 6.92. The maximum atomic E-state index is 13.4. The minimum atomic E-state index is -0.216. The van der Waals surface area contributed by atoms with Gasteiger partial charge >= 0.3 is 0 Å². The standard InChI is InChI=1S/C22H26ClFN2/c1-6-26-21-11-19(23)16(10-18(21)15(3)12-22(26,4)5)13-25-17-7-8-20(24)14(2)9-17/h7-11,13,15H,6,12H2,1-5H3. The van der Waals surface area contributed by atoms with E-state index in [2.05, 4.69) is 49.7 Å².